The SMILES string of the molecule is CC(=O)Cc1coc(C)c1. The molecule has 1 heterocycles. The zero-order valence-electron chi connectivity index (χ0n) is 6.18. The van der Waals surface area contributed by atoms with E-state index in [1.807, 2.05) is 13.0 Å². The summed E-state index contributed by atoms with van der Waals surface area (Å²) < 4.78 is 5.01. The highest BCUT2D eigenvalue weighted by atomic mass is 16.3. The van der Waals surface area contributed by atoms with E-state index in [0.717, 1.165) is 11.3 Å². The molecule has 1 rings (SSSR count). The Morgan fingerprint density at radius 1 is 1.70 bits per heavy atom. The normalized spacial score (nSPS) is 9.80. The third-order valence-corrected chi connectivity index (χ3v) is 1.24. The van der Waals surface area contributed by atoms with Gasteiger partial charge < -0.3 is 4.42 Å². The van der Waals surface area contributed by atoms with Gasteiger partial charge in [0.2, 0.25) is 0 Å². The van der Waals surface area contributed by atoms with E-state index in [1.54, 1.807) is 13.2 Å². The number of carbonyl (C=O) groups excluding carboxylic acids is 1. The predicted molar refractivity (Wildman–Crippen MR) is 37.8 cm³/mol. The molecule has 2 nitrogen and oxygen atoms in total. The maximum atomic E-state index is 10.6. The first-order valence-electron chi connectivity index (χ1n) is 3.22. The molecule has 0 aliphatic carbocycles. The van der Waals surface area contributed by atoms with E-state index in [9.17, 15) is 4.79 Å². The topological polar surface area (TPSA) is 30.2 Å². The molecular weight excluding hydrogens is 128 g/mol. The third-order valence-electron chi connectivity index (χ3n) is 1.24. The van der Waals surface area contributed by atoms with Gasteiger partial charge >= 0.3 is 0 Å². The molecule has 0 aromatic carbocycles. The van der Waals surface area contributed by atoms with Crippen LogP contribution in [0, 0.1) is 6.92 Å². The lowest BCUT2D eigenvalue weighted by Crippen LogP contribution is -1.93. The summed E-state index contributed by atoms with van der Waals surface area (Å²) in [4.78, 5) is 10.6. The summed E-state index contributed by atoms with van der Waals surface area (Å²) in [5.41, 5.74) is 0.963. The maximum absolute atomic E-state index is 10.6. The quantitative estimate of drug-likeness (QED) is 0.622. The lowest BCUT2D eigenvalue weighted by molar-refractivity contribution is -0.116. The summed E-state index contributed by atoms with van der Waals surface area (Å²) in [6.45, 7) is 3.44. The summed E-state index contributed by atoms with van der Waals surface area (Å²) in [5, 5.41) is 0. The van der Waals surface area contributed by atoms with Gasteiger partial charge in [0, 0.05) is 6.42 Å². The maximum Gasteiger partial charge on any atom is 0.134 e. The van der Waals surface area contributed by atoms with Crippen LogP contribution in [0.5, 0.6) is 0 Å². The number of rotatable bonds is 2. The van der Waals surface area contributed by atoms with Crippen LogP contribution in [0.3, 0.4) is 0 Å². The van der Waals surface area contributed by atoms with Gasteiger partial charge in [0.1, 0.15) is 11.5 Å². The Labute approximate surface area is 59.8 Å². The molecule has 0 bridgehead atoms. The summed E-state index contributed by atoms with van der Waals surface area (Å²) >= 11 is 0. The van der Waals surface area contributed by atoms with Crippen molar-refractivity contribution in [2.24, 2.45) is 0 Å². The summed E-state index contributed by atoms with van der Waals surface area (Å²) in [5.74, 6) is 1.03. The molecule has 0 fully saturated rings. The fourth-order valence-corrected chi connectivity index (χ4v) is 0.878. The molecule has 0 aliphatic rings. The van der Waals surface area contributed by atoms with E-state index in [2.05, 4.69) is 0 Å². The Morgan fingerprint density at radius 2 is 2.40 bits per heavy atom. The van der Waals surface area contributed by atoms with E-state index in [1.165, 1.54) is 0 Å². The van der Waals surface area contributed by atoms with Crippen LogP contribution in [-0.4, -0.2) is 5.78 Å². The Bertz CT molecular complexity index is 235. The van der Waals surface area contributed by atoms with E-state index in [4.69, 9.17) is 4.42 Å². The van der Waals surface area contributed by atoms with Crippen molar-refractivity contribution >= 4 is 5.78 Å². The molecule has 0 saturated heterocycles. The second-order valence-electron chi connectivity index (χ2n) is 2.44. The Morgan fingerprint density at radius 3 is 2.80 bits per heavy atom. The van der Waals surface area contributed by atoms with Gasteiger partial charge in [0.25, 0.3) is 0 Å². The average molecular weight is 138 g/mol. The number of hydrogen-bond acceptors (Lipinski definition) is 2. The van der Waals surface area contributed by atoms with Crippen LogP contribution in [0.1, 0.15) is 18.2 Å². The van der Waals surface area contributed by atoms with Gasteiger partial charge in [-0.3, -0.25) is 4.79 Å². The zero-order chi connectivity index (χ0) is 7.56. The van der Waals surface area contributed by atoms with Gasteiger partial charge in [0.05, 0.1) is 6.26 Å². The minimum atomic E-state index is 0.167. The molecule has 0 amide bonds. The molecule has 10 heavy (non-hydrogen) atoms. The lowest BCUT2D eigenvalue weighted by Gasteiger charge is -1.85. The molecule has 0 atom stereocenters. The Kier molecular flexibility index (Phi) is 1.90. The fourth-order valence-electron chi connectivity index (χ4n) is 0.878. The molecule has 0 aliphatic heterocycles. The molecule has 0 unspecified atom stereocenters. The summed E-state index contributed by atoms with van der Waals surface area (Å²) in [7, 11) is 0. The number of ketones is 1. The van der Waals surface area contributed by atoms with E-state index < -0.39 is 0 Å². The molecule has 0 N–H and O–H groups in total. The average Bonchev–Trinajstić information content (AvgIpc) is 2.13. The highest BCUT2D eigenvalue weighted by Gasteiger charge is 1.99. The molecular formula is C8H10O2. The molecule has 1 aromatic heterocycles. The number of aryl methyl sites for hydroxylation is 1. The number of carbonyl (C=O) groups is 1. The zero-order valence-corrected chi connectivity index (χ0v) is 6.18. The van der Waals surface area contributed by atoms with Crippen molar-refractivity contribution in [3.8, 4) is 0 Å². The van der Waals surface area contributed by atoms with E-state index >= 15 is 0 Å². The van der Waals surface area contributed by atoms with Crippen molar-refractivity contribution in [2.75, 3.05) is 0 Å². The summed E-state index contributed by atoms with van der Waals surface area (Å²) in [6.07, 6.45) is 2.11. The second-order valence-corrected chi connectivity index (χ2v) is 2.44. The standard InChI is InChI=1S/C8H10O2/c1-6(9)3-8-4-7(2)10-5-8/h4-5H,3H2,1-2H3. The van der Waals surface area contributed by atoms with Crippen molar-refractivity contribution < 1.29 is 9.21 Å². The van der Waals surface area contributed by atoms with Gasteiger partial charge in [0.15, 0.2) is 0 Å². The van der Waals surface area contributed by atoms with Crippen molar-refractivity contribution in [3.05, 3.63) is 23.7 Å². The molecule has 0 spiro atoms. The Balaban J connectivity index is 2.67. The van der Waals surface area contributed by atoms with Crippen LogP contribution in [0.15, 0.2) is 16.7 Å². The smallest absolute Gasteiger partial charge is 0.134 e. The van der Waals surface area contributed by atoms with Crippen molar-refractivity contribution in [1.29, 1.82) is 0 Å². The van der Waals surface area contributed by atoms with Crippen LogP contribution in [0.4, 0.5) is 0 Å². The largest absolute Gasteiger partial charge is 0.469 e. The monoisotopic (exact) mass is 138 g/mol. The van der Waals surface area contributed by atoms with Crippen LogP contribution in [-0.2, 0) is 11.2 Å². The van der Waals surface area contributed by atoms with Crippen molar-refractivity contribution in [1.82, 2.24) is 0 Å². The van der Waals surface area contributed by atoms with Gasteiger partial charge in [-0.05, 0) is 25.5 Å². The van der Waals surface area contributed by atoms with Gasteiger partial charge in [-0.1, -0.05) is 0 Å². The van der Waals surface area contributed by atoms with E-state index in [-0.39, 0.29) is 5.78 Å². The first-order chi connectivity index (χ1) is 4.68. The van der Waals surface area contributed by atoms with Crippen molar-refractivity contribution in [2.45, 2.75) is 20.3 Å². The van der Waals surface area contributed by atoms with Crippen LogP contribution in [0.25, 0.3) is 0 Å². The lowest BCUT2D eigenvalue weighted by atomic mass is 10.2. The third kappa shape index (κ3) is 1.72. The molecule has 1 aromatic rings. The first-order valence-corrected chi connectivity index (χ1v) is 3.22. The first kappa shape index (κ1) is 7.06. The van der Waals surface area contributed by atoms with Crippen molar-refractivity contribution in [3.63, 3.8) is 0 Å². The van der Waals surface area contributed by atoms with Crippen LogP contribution in [0.2, 0.25) is 0 Å². The molecule has 0 saturated carbocycles. The molecule has 2 heteroatoms. The van der Waals surface area contributed by atoms with Crippen LogP contribution < -0.4 is 0 Å². The van der Waals surface area contributed by atoms with Gasteiger partial charge in [-0.2, -0.15) is 0 Å². The number of hydrogen-bond donors (Lipinski definition) is 0. The Hall–Kier alpha value is -1.05. The highest BCUT2D eigenvalue weighted by molar-refractivity contribution is 5.78. The van der Waals surface area contributed by atoms with Crippen LogP contribution >= 0.6 is 0 Å². The molecule has 0 radical (unpaired) electrons. The predicted octanol–water partition coefficient (Wildman–Crippen LogP) is 1.72. The second kappa shape index (κ2) is 2.69. The van der Waals surface area contributed by atoms with E-state index in [0.29, 0.717) is 6.42 Å². The van der Waals surface area contributed by atoms with Gasteiger partial charge in [-0.25, -0.2) is 0 Å². The minimum absolute atomic E-state index is 0.167. The number of Topliss-reactive ketones (excluding diaryl/α,β-unsaturated/α-hetero) is 1. The highest BCUT2D eigenvalue weighted by Crippen LogP contribution is 2.06. The fraction of sp³-hybridized carbons (Fsp3) is 0.375. The van der Waals surface area contributed by atoms with Gasteiger partial charge in [-0.15, -0.1) is 0 Å². The number of furan rings is 1. The minimum Gasteiger partial charge on any atom is -0.469 e. The molecule has 54 valence electrons. The summed E-state index contributed by atoms with van der Waals surface area (Å²) in [6, 6.07) is 1.88.